The Kier molecular flexibility index (Phi) is 36.1. The van der Waals surface area contributed by atoms with E-state index in [1.54, 1.807) is 56.7 Å². The molecule has 0 bridgehead atoms. The Morgan fingerprint density at radius 2 is 0.628 bits per heavy atom. The molecule has 11 rings (SSSR count). The first kappa shape index (κ1) is 91.1. The third-order valence-corrected chi connectivity index (χ3v) is 47.8. The lowest BCUT2D eigenvalue weighted by molar-refractivity contribution is 0.463. The quantitative estimate of drug-likeness (QED) is 0.0164. The van der Waals surface area contributed by atoms with Crippen LogP contribution in [0.15, 0.2) is 30.3 Å². The zero-order valence-electron chi connectivity index (χ0n) is 71.3. The largest absolute Gasteiger partial charge is 0.222 e. The molecule has 0 N–H and O–H groups in total. The van der Waals surface area contributed by atoms with Crippen LogP contribution in [0.3, 0.4) is 0 Å². The molecule has 9 aromatic rings. The number of thiophene rings is 6. The number of unbranched alkanes of at least 4 members (excludes halogenated alkanes) is 26. The predicted octanol–water partition coefficient (Wildman–Crippen LogP) is 34.7. The minimum absolute atomic E-state index is 0.288. The van der Waals surface area contributed by atoms with Gasteiger partial charge in [0, 0.05) is 43.9 Å². The van der Waals surface area contributed by atoms with Crippen molar-refractivity contribution in [2.75, 3.05) is 0 Å². The van der Waals surface area contributed by atoms with Crippen LogP contribution in [0.1, 0.15) is 347 Å². The second-order valence-corrected chi connectivity index (χ2v) is 51.6. The van der Waals surface area contributed by atoms with E-state index in [2.05, 4.69) is 107 Å². The normalized spacial score (nSPS) is 16.3. The van der Waals surface area contributed by atoms with Gasteiger partial charge in [-0.05, 0) is 150 Å². The number of fused-ring (bicyclic) bond motifs is 7. The zero-order chi connectivity index (χ0) is 80.2. The van der Waals surface area contributed by atoms with Crippen molar-refractivity contribution in [3.63, 3.8) is 0 Å². The van der Waals surface area contributed by atoms with Crippen molar-refractivity contribution in [2.24, 2.45) is 23.7 Å². The summed E-state index contributed by atoms with van der Waals surface area (Å²) < 4.78 is 72.2. The molecule has 0 spiro atoms. The molecule has 622 valence electrons. The molecule has 1 aromatic carbocycles. The minimum atomic E-state index is -2.85. The summed E-state index contributed by atoms with van der Waals surface area (Å²) in [6, 6.07) is 15.7. The highest BCUT2D eigenvalue weighted by Gasteiger charge is 2.53. The Morgan fingerprint density at radius 3 is 1.01 bits per heavy atom. The van der Waals surface area contributed by atoms with E-state index in [9.17, 15) is 0 Å². The molecule has 0 amide bonds. The van der Waals surface area contributed by atoms with Gasteiger partial charge < -0.3 is 0 Å². The number of aryl methyl sites for hydroxylation is 3. The number of nitrogens with zero attached hydrogens (tertiary/aromatic N) is 2. The first-order valence-corrected chi connectivity index (χ1v) is 57.3. The van der Waals surface area contributed by atoms with Crippen LogP contribution in [0, 0.1) is 60.8 Å². The van der Waals surface area contributed by atoms with Crippen molar-refractivity contribution in [3.8, 4) is 69.9 Å². The standard InChI is InChI=1S/C96H137ClF4N2S8Si2/c1-13-23-29-31-33-35-37-39-41-43-45-47-53-70-55-64(11)104-86(70)93-102-95-96(110-93)103-94(111-95)87-71(54-48-46-44-42-40-38-36-34-32-30-24-14-2)81(97)88(109-87)74-59-78-92(108-74)91-77(113(78,62-68(21-9)51-27-17-5)63-69(22-10)52-28-18-6)58-73(107-91)80-84(100)82(98)79(83(99)85(80)101)72-57-76-90(106-72)89-75(56-65(12)105-89)112(76,60-66(19-7)49-25-15-3)61-67(20-8)50-26-16-4/h55-59,66-69H,13-54,60-63H2,1-12H3. The van der Waals surface area contributed by atoms with Gasteiger partial charge in [-0.25, -0.2) is 27.5 Å². The Labute approximate surface area is 719 Å². The third kappa shape index (κ3) is 21.6. The van der Waals surface area contributed by atoms with Gasteiger partial charge in [-0.1, -0.05) is 348 Å². The SMILES string of the molecule is CCCCCCCCCCCCCCc1cc(C)sc1-c1nc2sc(-c3sc(-c4cc5c(s4)-c4sc(-c6c(F)c(F)c(-c7cc8c(s7)-c7sc(C)cc7[Si]8(CC(CC)CCCC)CC(CC)CCCC)c(F)c6F)cc4[Si]5(CC(CC)CCCC)CC(CC)CCCC)c(Cl)c3CCCCCCCCCCCCCC)nc2s1. The van der Waals surface area contributed by atoms with Crippen molar-refractivity contribution < 1.29 is 17.6 Å². The molecule has 17 heteroatoms. The molecule has 2 aliphatic rings. The summed E-state index contributed by atoms with van der Waals surface area (Å²) in [5, 5.41) is 8.25. The van der Waals surface area contributed by atoms with Crippen LogP contribution in [0.25, 0.3) is 79.6 Å². The maximum atomic E-state index is 18.1. The van der Waals surface area contributed by atoms with E-state index >= 15 is 17.6 Å². The van der Waals surface area contributed by atoms with Crippen molar-refractivity contribution in [2.45, 2.75) is 377 Å². The predicted molar refractivity (Wildman–Crippen MR) is 507 cm³/mol. The van der Waals surface area contributed by atoms with Crippen molar-refractivity contribution in [1.29, 1.82) is 0 Å². The van der Waals surface area contributed by atoms with Crippen LogP contribution in [0.5, 0.6) is 0 Å². The topological polar surface area (TPSA) is 25.8 Å². The van der Waals surface area contributed by atoms with E-state index in [-0.39, 0.29) is 4.88 Å². The summed E-state index contributed by atoms with van der Waals surface area (Å²) in [7, 11) is -5.40. The summed E-state index contributed by atoms with van der Waals surface area (Å²) in [5.74, 6) is -3.20. The molecule has 8 aromatic heterocycles. The second kappa shape index (κ2) is 44.8. The summed E-state index contributed by atoms with van der Waals surface area (Å²) in [6.07, 6.45) is 51.4. The van der Waals surface area contributed by atoms with Gasteiger partial charge in [0.15, 0.2) is 32.9 Å². The van der Waals surface area contributed by atoms with Crippen molar-refractivity contribution in [3.05, 3.63) is 79.5 Å². The fourth-order valence-electron chi connectivity index (χ4n) is 19.4. The summed E-state index contributed by atoms with van der Waals surface area (Å²) >= 11 is 21.5. The first-order valence-electron chi connectivity index (χ1n) is 45.6. The Morgan fingerprint density at radius 1 is 0.319 bits per heavy atom. The molecule has 0 saturated heterocycles. The van der Waals surface area contributed by atoms with Crippen molar-refractivity contribution >= 4 is 149 Å². The highest BCUT2D eigenvalue weighted by Crippen LogP contribution is 2.56. The summed E-state index contributed by atoms with van der Waals surface area (Å²) in [4.78, 5) is 25.3. The van der Waals surface area contributed by atoms with Gasteiger partial charge in [0.25, 0.3) is 0 Å². The monoisotopic (exact) mass is 1740 g/mol. The Bertz CT molecular complexity index is 4330. The van der Waals surface area contributed by atoms with Gasteiger partial charge in [-0.3, -0.25) is 0 Å². The van der Waals surface area contributed by atoms with Gasteiger partial charge in [-0.2, -0.15) is 0 Å². The smallest absolute Gasteiger partial charge is 0.171 e. The van der Waals surface area contributed by atoms with Crippen LogP contribution in [-0.4, -0.2) is 26.1 Å². The van der Waals surface area contributed by atoms with Crippen LogP contribution >= 0.6 is 102 Å². The Hall–Kier alpha value is -2.62. The maximum Gasteiger partial charge on any atom is 0.171 e. The number of thiazole rings is 2. The van der Waals surface area contributed by atoms with Gasteiger partial charge in [0.1, 0.15) is 26.2 Å². The lowest BCUT2D eigenvalue weighted by Gasteiger charge is -2.35. The van der Waals surface area contributed by atoms with E-state index in [1.165, 1.54) is 228 Å². The van der Waals surface area contributed by atoms with Crippen LogP contribution < -0.4 is 20.7 Å². The molecular weight excluding hydrogens is 1610 g/mol. The number of aromatic nitrogens is 2. The highest BCUT2D eigenvalue weighted by atomic mass is 35.5. The molecule has 113 heavy (non-hydrogen) atoms. The molecule has 4 unspecified atom stereocenters. The maximum absolute atomic E-state index is 18.1. The van der Waals surface area contributed by atoms with E-state index in [4.69, 9.17) is 21.6 Å². The van der Waals surface area contributed by atoms with Crippen LogP contribution in [0.4, 0.5) is 17.6 Å². The van der Waals surface area contributed by atoms with Crippen LogP contribution in [-0.2, 0) is 12.8 Å². The van der Waals surface area contributed by atoms with Gasteiger partial charge >= 0.3 is 0 Å². The molecule has 0 aliphatic carbocycles. The molecular formula is C96H137ClF4N2S8Si2. The number of benzene rings is 1. The van der Waals surface area contributed by atoms with E-state index in [0.29, 0.717) is 28.5 Å². The minimum Gasteiger partial charge on any atom is -0.222 e. The highest BCUT2D eigenvalue weighted by molar-refractivity contribution is 7.35. The van der Waals surface area contributed by atoms with E-state index in [1.807, 2.05) is 17.4 Å². The van der Waals surface area contributed by atoms with Gasteiger partial charge in [-0.15, -0.1) is 68.0 Å². The summed E-state index contributed by atoms with van der Waals surface area (Å²) in [5.41, 5.74) is 1.50. The van der Waals surface area contributed by atoms with Gasteiger partial charge in [0.05, 0.1) is 30.8 Å². The lowest BCUT2D eigenvalue weighted by atomic mass is 10.0. The second-order valence-electron chi connectivity index (χ2n) is 34.5. The lowest BCUT2D eigenvalue weighted by Crippen LogP contribution is -2.56. The molecule has 0 saturated carbocycles. The number of rotatable bonds is 55. The Balaban J connectivity index is 0.963. The average molecular weight is 1740 g/mol. The van der Waals surface area contributed by atoms with E-state index < -0.39 is 50.5 Å². The number of hydrogen-bond donors (Lipinski definition) is 0. The van der Waals surface area contributed by atoms with E-state index in [0.717, 1.165) is 194 Å². The number of hydrogen-bond acceptors (Lipinski definition) is 10. The fraction of sp³-hybridized carbons (Fsp3) is 0.646. The first-order chi connectivity index (χ1) is 55.0. The third-order valence-electron chi connectivity index (χ3n) is 26.0. The fourth-order valence-corrected chi connectivity index (χ4v) is 45.3. The molecule has 2 aliphatic heterocycles. The molecule has 10 heterocycles. The average Bonchev–Trinajstić information content (AvgIpc) is 1.54. The molecule has 4 atom stereocenters. The zero-order valence-corrected chi connectivity index (χ0v) is 80.6. The molecule has 2 nitrogen and oxygen atoms in total. The summed E-state index contributed by atoms with van der Waals surface area (Å²) in [6.45, 7) is 27.5. The molecule has 0 radical (unpaired) electrons. The van der Waals surface area contributed by atoms with Crippen molar-refractivity contribution in [1.82, 2.24) is 9.97 Å². The molecule has 0 fully saturated rings. The number of halogens is 5. The van der Waals surface area contributed by atoms with Crippen LogP contribution in [0.2, 0.25) is 29.2 Å². The van der Waals surface area contributed by atoms with Gasteiger partial charge in [0.2, 0.25) is 0 Å².